The van der Waals surface area contributed by atoms with Crippen LogP contribution < -0.4 is 10.5 Å². The van der Waals surface area contributed by atoms with Gasteiger partial charge in [0.05, 0.1) is 12.2 Å². The van der Waals surface area contributed by atoms with Gasteiger partial charge in [0.1, 0.15) is 10.7 Å². The number of hydrogen-bond acceptors (Lipinski definition) is 3. The van der Waals surface area contributed by atoms with Crippen LogP contribution in [0.2, 0.25) is 0 Å². The highest BCUT2D eigenvalue weighted by Gasteiger charge is 2.17. The number of halogens is 1. The minimum absolute atomic E-state index is 0.0269. The van der Waals surface area contributed by atoms with Crippen molar-refractivity contribution in [2.45, 2.75) is 4.90 Å². The Labute approximate surface area is 87.3 Å². The second-order valence-electron chi connectivity index (χ2n) is 2.71. The van der Waals surface area contributed by atoms with E-state index < -0.39 is 15.8 Å². The van der Waals surface area contributed by atoms with Gasteiger partial charge in [0.2, 0.25) is 10.0 Å². The highest BCUT2D eigenvalue weighted by atomic mass is 32.2. The van der Waals surface area contributed by atoms with Crippen molar-refractivity contribution >= 4 is 15.7 Å². The molecule has 15 heavy (non-hydrogen) atoms. The fourth-order valence-corrected chi connectivity index (χ4v) is 2.03. The average Bonchev–Trinajstić information content (AvgIpc) is 2.18. The predicted molar refractivity (Wildman–Crippen MR) is 54.8 cm³/mol. The number of terminal acetylenes is 1. The second-order valence-corrected chi connectivity index (χ2v) is 4.45. The topological polar surface area (TPSA) is 72.2 Å². The maximum atomic E-state index is 12.8. The van der Waals surface area contributed by atoms with Gasteiger partial charge in [0.25, 0.3) is 0 Å². The number of nitrogens with two attached hydrogens (primary N) is 1. The molecule has 3 N–H and O–H groups in total. The molecule has 0 atom stereocenters. The molecule has 0 unspecified atom stereocenters. The van der Waals surface area contributed by atoms with Crippen molar-refractivity contribution in [3.05, 3.63) is 24.0 Å². The molecule has 0 bridgehead atoms. The first-order valence-corrected chi connectivity index (χ1v) is 5.44. The Morgan fingerprint density at radius 2 is 2.20 bits per heavy atom. The molecule has 1 aromatic carbocycles. The van der Waals surface area contributed by atoms with Gasteiger partial charge in [0, 0.05) is 0 Å². The number of anilines is 1. The van der Waals surface area contributed by atoms with E-state index in [1.54, 1.807) is 0 Å². The summed E-state index contributed by atoms with van der Waals surface area (Å²) in [6.45, 7) is -0.168. The fraction of sp³-hybridized carbons (Fsp3) is 0.111. The van der Waals surface area contributed by atoms with E-state index in [9.17, 15) is 12.8 Å². The lowest BCUT2D eigenvalue weighted by Gasteiger charge is -2.06. The lowest BCUT2D eigenvalue weighted by molar-refractivity contribution is 0.582. The molecule has 80 valence electrons. The molecule has 0 aromatic heterocycles. The Morgan fingerprint density at radius 3 is 2.80 bits per heavy atom. The van der Waals surface area contributed by atoms with E-state index in [0.29, 0.717) is 0 Å². The van der Waals surface area contributed by atoms with Gasteiger partial charge in [0.15, 0.2) is 0 Å². The first-order valence-electron chi connectivity index (χ1n) is 3.95. The molecular weight excluding hydrogens is 219 g/mol. The van der Waals surface area contributed by atoms with Crippen molar-refractivity contribution in [1.29, 1.82) is 0 Å². The van der Waals surface area contributed by atoms with Crippen molar-refractivity contribution in [3.8, 4) is 12.3 Å². The monoisotopic (exact) mass is 228 g/mol. The standard InChI is InChI=1S/C9H9FN2O2S/c1-2-5-12-15(13,14)9-6-7(10)3-4-8(9)11/h1,3-4,6,12H,5,11H2. The fourth-order valence-electron chi connectivity index (χ4n) is 0.955. The Balaban J connectivity index is 3.16. The number of sulfonamides is 1. The lowest BCUT2D eigenvalue weighted by Crippen LogP contribution is -2.24. The molecule has 6 heteroatoms. The molecule has 0 radical (unpaired) electrons. The van der Waals surface area contributed by atoms with Crippen LogP contribution in [0.3, 0.4) is 0 Å². The summed E-state index contributed by atoms with van der Waals surface area (Å²) in [5.74, 6) is 1.43. The van der Waals surface area contributed by atoms with Crippen molar-refractivity contribution < 1.29 is 12.8 Å². The minimum Gasteiger partial charge on any atom is -0.398 e. The molecule has 4 nitrogen and oxygen atoms in total. The zero-order valence-corrected chi connectivity index (χ0v) is 8.51. The normalized spacial score (nSPS) is 10.9. The third kappa shape index (κ3) is 2.68. The van der Waals surface area contributed by atoms with Crippen molar-refractivity contribution in [2.75, 3.05) is 12.3 Å². The predicted octanol–water partition coefficient (Wildman–Crippen LogP) is 0.319. The molecule has 1 rings (SSSR count). The Bertz CT molecular complexity index is 505. The van der Waals surface area contributed by atoms with Gasteiger partial charge in [-0.05, 0) is 18.2 Å². The summed E-state index contributed by atoms with van der Waals surface area (Å²) in [6.07, 6.45) is 4.90. The van der Waals surface area contributed by atoms with Crippen LogP contribution in [0.4, 0.5) is 10.1 Å². The maximum absolute atomic E-state index is 12.8. The van der Waals surface area contributed by atoms with Crippen molar-refractivity contribution in [2.24, 2.45) is 0 Å². The van der Waals surface area contributed by atoms with Gasteiger partial charge in [-0.1, -0.05) is 5.92 Å². The SMILES string of the molecule is C#CCNS(=O)(=O)c1cc(F)ccc1N. The zero-order valence-electron chi connectivity index (χ0n) is 7.70. The number of hydrogen-bond donors (Lipinski definition) is 2. The van der Waals surface area contributed by atoms with E-state index in [1.165, 1.54) is 6.07 Å². The Kier molecular flexibility index (Phi) is 3.29. The van der Waals surface area contributed by atoms with Crippen LogP contribution >= 0.6 is 0 Å². The van der Waals surface area contributed by atoms with E-state index >= 15 is 0 Å². The Morgan fingerprint density at radius 1 is 1.53 bits per heavy atom. The summed E-state index contributed by atoms with van der Waals surface area (Å²) in [7, 11) is -3.83. The van der Waals surface area contributed by atoms with Crippen LogP contribution in [0, 0.1) is 18.2 Å². The smallest absolute Gasteiger partial charge is 0.243 e. The van der Waals surface area contributed by atoms with Crippen LogP contribution in [0.5, 0.6) is 0 Å². The molecule has 0 heterocycles. The molecule has 0 aliphatic carbocycles. The van der Waals surface area contributed by atoms with Crippen molar-refractivity contribution in [3.63, 3.8) is 0 Å². The highest BCUT2D eigenvalue weighted by molar-refractivity contribution is 7.89. The number of benzene rings is 1. The van der Waals surface area contributed by atoms with Crippen LogP contribution in [0.25, 0.3) is 0 Å². The largest absolute Gasteiger partial charge is 0.398 e. The molecule has 0 saturated heterocycles. The third-order valence-corrected chi connectivity index (χ3v) is 3.09. The molecule has 0 spiro atoms. The molecule has 0 fully saturated rings. The van der Waals surface area contributed by atoms with Crippen molar-refractivity contribution in [1.82, 2.24) is 4.72 Å². The molecule has 0 saturated carbocycles. The summed E-state index contributed by atoms with van der Waals surface area (Å²) < 4.78 is 37.9. The summed E-state index contributed by atoms with van der Waals surface area (Å²) in [4.78, 5) is -0.308. The van der Waals surface area contributed by atoms with E-state index in [1.807, 2.05) is 0 Å². The Hall–Kier alpha value is -1.58. The van der Waals surface area contributed by atoms with Gasteiger partial charge in [-0.25, -0.2) is 12.8 Å². The van der Waals surface area contributed by atoms with Gasteiger partial charge < -0.3 is 5.73 Å². The molecule has 0 aliphatic heterocycles. The van der Waals surface area contributed by atoms with Crippen LogP contribution in [-0.2, 0) is 10.0 Å². The van der Waals surface area contributed by atoms with E-state index in [2.05, 4.69) is 10.6 Å². The van der Waals surface area contributed by atoms with Crippen LogP contribution in [-0.4, -0.2) is 15.0 Å². The zero-order chi connectivity index (χ0) is 11.5. The van der Waals surface area contributed by atoms with E-state index in [0.717, 1.165) is 12.1 Å². The lowest BCUT2D eigenvalue weighted by atomic mass is 10.3. The van der Waals surface area contributed by atoms with Gasteiger partial charge in [-0.2, -0.15) is 4.72 Å². The third-order valence-electron chi connectivity index (χ3n) is 1.63. The number of nitrogens with one attached hydrogen (secondary N) is 1. The number of rotatable bonds is 3. The van der Waals surface area contributed by atoms with Crippen LogP contribution in [0.15, 0.2) is 23.1 Å². The molecule has 1 aromatic rings. The average molecular weight is 228 g/mol. The summed E-state index contributed by atoms with van der Waals surface area (Å²) >= 11 is 0. The van der Waals surface area contributed by atoms with Gasteiger partial charge in [-0.3, -0.25) is 0 Å². The summed E-state index contributed by atoms with van der Waals surface area (Å²) in [5.41, 5.74) is 5.38. The van der Waals surface area contributed by atoms with E-state index in [-0.39, 0.29) is 17.1 Å². The minimum atomic E-state index is -3.83. The first-order chi connectivity index (χ1) is 6.97. The number of nitrogen functional groups attached to an aromatic ring is 1. The highest BCUT2D eigenvalue weighted by Crippen LogP contribution is 2.18. The van der Waals surface area contributed by atoms with E-state index in [4.69, 9.17) is 12.2 Å². The summed E-state index contributed by atoms with van der Waals surface area (Å²) in [6, 6.07) is 3.10. The van der Waals surface area contributed by atoms with Crippen LogP contribution in [0.1, 0.15) is 0 Å². The first kappa shape index (κ1) is 11.5. The second kappa shape index (κ2) is 4.29. The quantitative estimate of drug-likeness (QED) is 0.578. The molecular formula is C9H9FN2O2S. The molecule has 0 amide bonds. The van der Waals surface area contributed by atoms with Gasteiger partial charge in [-0.15, -0.1) is 6.42 Å². The van der Waals surface area contributed by atoms with Gasteiger partial charge >= 0.3 is 0 Å². The molecule has 0 aliphatic rings. The maximum Gasteiger partial charge on any atom is 0.243 e. The summed E-state index contributed by atoms with van der Waals surface area (Å²) in [5, 5.41) is 0.